The zero-order valence-corrected chi connectivity index (χ0v) is 11.9. The van der Waals surface area contributed by atoms with Crippen LogP contribution in [-0.2, 0) is 0 Å². The van der Waals surface area contributed by atoms with Gasteiger partial charge in [0.15, 0.2) is 0 Å². The van der Waals surface area contributed by atoms with E-state index in [1.807, 2.05) is 30.3 Å². The SMILES string of the molecule is O=C1c2ccc(O)cc2-c2nc3ccccc3c3ccnc1c23. The molecule has 1 aliphatic carbocycles. The lowest BCUT2D eigenvalue weighted by Gasteiger charge is -2.19. The molecular weight excluding hydrogens is 288 g/mol. The number of pyridine rings is 2. The maximum absolute atomic E-state index is 12.8. The number of phenols is 1. The molecule has 0 saturated carbocycles. The van der Waals surface area contributed by atoms with Crippen LogP contribution in [0.25, 0.3) is 32.9 Å². The third kappa shape index (κ3) is 1.52. The summed E-state index contributed by atoms with van der Waals surface area (Å²) >= 11 is 0. The molecule has 1 N–H and O–H groups in total. The summed E-state index contributed by atoms with van der Waals surface area (Å²) in [6.07, 6.45) is 1.66. The summed E-state index contributed by atoms with van der Waals surface area (Å²) < 4.78 is 0. The van der Waals surface area contributed by atoms with E-state index in [0.717, 1.165) is 21.7 Å². The number of nitrogens with zero attached hydrogens (tertiary/aromatic N) is 2. The minimum Gasteiger partial charge on any atom is -0.508 e. The van der Waals surface area contributed by atoms with Crippen LogP contribution in [0.1, 0.15) is 16.1 Å². The fraction of sp³-hybridized carbons (Fsp3) is 0. The van der Waals surface area contributed by atoms with E-state index >= 15 is 0 Å². The molecule has 4 heteroatoms. The molecule has 0 fully saturated rings. The van der Waals surface area contributed by atoms with Crippen LogP contribution < -0.4 is 0 Å². The van der Waals surface area contributed by atoms with Crippen LogP contribution in [0.15, 0.2) is 54.7 Å². The number of phenolic OH excluding ortho intramolecular Hbond substituents is 1. The van der Waals surface area contributed by atoms with E-state index in [2.05, 4.69) is 4.98 Å². The number of carbonyl (C=O) groups excluding carboxylic acids is 1. The van der Waals surface area contributed by atoms with Gasteiger partial charge in [-0.05, 0) is 35.7 Å². The fourth-order valence-corrected chi connectivity index (χ4v) is 3.32. The largest absolute Gasteiger partial charge is 0.508 e. The van der Waals surface area contributed by atoms with E-state index in [4.69, 9.17) is 4.98 Å². The Morgan fingerprint density at radius 1 is 0.870 bits per heavy atom. The first-order valence-corrected chi connectivity index (χ1v) is 7.29. The summed E-state index contributed by atoms with van der Waals surface area (Å²) in [5.41, 5.74) is 3.17. The summed E-state index contributed by atoms with van der Waals surface area (Å²) in [5, 5.41) is 12.5. The van der Waals surface area contributed by atoms with Crippen molar-refractivity contribution in [3.63, 3.8) is 0 Å². The second-order valence-electron chi connectivity index (χ2n) is 5.62. The number of aromatic hydroxyl groups is 1. The predicted molar refractivity (Wildman–Crippen MR) is 87.6 cm³/mol. The van der Waals surface area contributed by atoms with Gasteiger partial charge in [-0.15, -0.1) is 0 Å². The lowest BCUT2D eigenvalue weighted by molar-refractivity contribution is 0.103. The number of rotatable bonds is 0. The predicted octanol–water partition coefficient (Wildman–Crippen LogP) is 3.70. The van der Waals surface area contributed by atoms with Gasteiger partial charge >= 0.3 is 0 Å². The zero-order chi connectivity index (χ0) is 15.6. The molecule has 0 saturated heterocycles. The van der Waals surface area contributed by atoms with Gasteiger partial charge in [0.1, 0.15) is 11.4 Å². The van der Waals surface area contributed by atoms with Crippen LogP contribution in [0.3, 0.4) is 0 Å². The number of hydrogen-bond acceptors (Lipinski definition) is 4. The molecule has 1 aliphatic rings. The smallest absolute Gasteiger partial charge is 0.212 e. The average Bonchev–Trinajstić information content (AvgIpc) is 2.59. The Labute approximate surface area is 131 Å². The highest BCUT2D eigenvalue weighted by atomic mass is 16.3. The lowest BCUT2D eigenvalue weighted by Crippen LogP contribution is -2.12. The van der Waals surface area contributed by atoms with Crippen LogP contribution in [0.2, 0.25) is 0 Å². The minimum absolute atomic E-state index is 0.118. The second-order valence-corrected chi connectivity index (χ2v) is 5.62. The summed E-state index contributed by atoms with van der Waals surface area (Å²) in [5.74, 6) is -0.0119. The van der Waals surface area contributed by atoms with E-state index < -0.39 is 0 Å². The average molecular weight is 298 g/mol. The summed E-state index contributed by atoms with van der Waals surface area (Å²) in [6.45, 7) is 0. The highest BCUT2D eigenvalue weighted by molar-refractivity contribution is 6.27. The molecule has 2 aromatic carbocycles. The molecule has 0 unspecified atom stereocenters. The third-order valence-corrected chi connectivity index (χ3v) is 4.33. The monoisotopic (exact) mass is 298 g/mol. The van der Waals surface area contributed by atoms with Crippen molar-refractivity contribution in [2.45, 2.75) is 0 Å². The summed E-state index contributed by atoms with van der Waals surface area (Å²) in [7, 11) is 0. The van der Waals surface area contributed by atoms with Gasteiger partial charge < -0.3 is 5.11 Å². The molecule has 5 rings (SSSR count). The van der Waals surface area contributed by atoms with Gasteiger partial charge in [0.2, 0.25) is 5.78 Å². The number of carbonyl (C=O) groups is 1. The molecule has 4 nitrogen and oxygen atoms in total. The van der Waals surface area contributed by atoms with E-state index in [1.54, 1.807) is 18.3 Å². The van der Waals surface area contributed by atoms with Gasteiger partial charge in [0.25, 0.3) is 0 Å². The van der Waals surface area contributed by atoms with Gasteiger partial charge in [-0.25, -0.2) is 4.98 Å². The van der Waals surface area contributed by atoms with Crippen LogP contribution >= 0.6 is 0 Å². The molecule has 108 valence electrons. The van der Waals surface area contributed by atoms with E-state index in [-0.39, 0.29) is 11.5 Å². The minimum atomic E-state index is -0.129. The van der Waals surface area contributed by atoms with Crippen molar-refractivity contribution in [2.75, 3.05) is 0 Å². The number of hydrogen-bond donors (Lipinski definition) is 1. The van der Waals surface area contributed by atoms with Crippen molar-refractivity contribution in [1.82, 2.24) is 9.97 Å². The Kier molecular flexibility index (Phi) is 2.21. The van der Waals surface area contributed by atoms with E-state index in [9.17, 15) is 9.90 Å². The van der Waals surface area contributed by atoms with Crippen molar-refractivity contribution in [2.24, 2.45) is 0 Å². The zero-order valence-electron chi connectivity index (χ0n) is 11.9. The Hall–Kier alpha value is -3.27. The molecule has 0 amide bonds. The van der Waals surface area contributed by atoms with Gasteiger partial charge in [-0.2, -0.15) is 0 Å². The summed E-state index contributed by atoms with van der Waals surface area (Å²) in [6, 6.07) is 14.5. The molecule has 0 atom stereocenters. The van der Waals surface area contributed by atoms with Crippen molar-refractivity contribution < 1.29 is 9.90 Å². The normalized spacial score (nSPS) is 12.6. The van der Waals surface area contributed by atoms with E-state index in [1.165, 1.54) is 6.07 Å². The van der Waals surface area contributed by atoms with Gasteiger partial charge in [0, 0.05) is 28.1 Å². The maximum Gasteiger partial charge on any atom is 0.212 e. The fourth-order valence-electron chi connectivity index (χ4n) is 3.32. The number of fused-ring (bicyclic) bond motifs is 4. The van der Waals surface area contributed by atoms with Crippen LogP contribution in [0.5, 0.6) is 5.75 Å². The van der Waals surface area contributed by atoms with Gasteiger partial charge in [-0.1, -0.05) is 18.2 Å². The molecule has 0 bridgehead atoms. The molecule has 2 aromatic heterocycles. The van der Waals surface area contributed by atoms with Crippen molar-refractivity contribution in [3.8, 4) is 17.0 Å². The first-order chi connectivity index (χ1) is 11.2. The van der Waals surface area contributed by atoms with Crippen LogP contribution in [0.4, 0.5) is 0 Å². The molecule has 4 aromatic rings. The standard InChI is InChI=1S/C19H10N2O2/c22-10-5-6-13-14(9-10)17-16-12(7-8-20-18(16)19(13)23)11-3-1-2-4-15(11)21-17/h1-9,22H. The van der Waals surface area contributed by atoms with E-state index in [0.29, 0.717) is 22.5 Å². The molecule has 2 heterocycles. The third-order valence-electron chi connectivity index (χ3n) is 4.33. The Bertz CT molecular complexity index is 1150. The van der Waals surface area contributed by atoms with Crippen molar-refractivity contribution in [3.05, 3.63) is 66.0 Å². The molecule has 0 radical (unpaired) electrons. The molecule has 0 aliphatic heterocycles. The molecule has 23 heavy (non-hydrogen) atoms. The molecule has 0 spiro atoms. The first kappa shape index (κ1) is 12.3. The Morgan fingerprint density at radius 2 is 1.74 bits per heavy atom. The van der Waals surface area contributed by atoms with Crippen molar-refractivity contribution >= 4 is 27.5 Å². The number of aromatic nitrogens is 2. The Morgan fingerprint density at radius 3 is 2.65 bits per heavy atom. The van der Waals surface area contributed by atoms with Gasteiger partial charge in [-0.3, -0.25) is 9.78 Å². The maximum atomic E-state index is 12.8. The van der Waals surface area contributed by atoms with Crippen LogP contribution in [-0.4, -0.2) is 20.9 Å². The second kappa shape index (κ2) is 4.14. The first-order valence-electron chi connectivity index (χ1n) is 7.29. The lowest BCUT2D eigenvalue weighted by atomic mass is 9.87. The molecular formula is C19H10N2O2. The summed E-state index contributed by atoms with van der Waals surface area (Å²) in [4.78, 5) is 21.8. The van der Waals surface area contributed by atoms with Crippen molar-refractivity contribution in [1.29, 1.82) is 0 Å². The van der Waals surface area contributed by atoms with Crippen LogP contribution in [0, 0.1) is 0 Å². The van der Waals surface area contributed by atoms with Gasteiger partial charge in [0.05, 0.1) is 11.2 Å². The topological polar surface area (TPSA) is 63.1 Å². The number of ketones is 1. The highest BCUT2D eigenvalue weighted by Crippen LogP contribution is 2.40. The number of para-hydroxylation sites is 1. The number of benzene rings is 2. The highest BCUT2D eigenvalue weighted by Gasteiger charge is 2.28. The Balaban J connectivity index is 2.08. The quantitative estimate of drug-likeness (QED) is 0.443.